The van der Waals surface area contributed by atoms with Crippen molar-refractivity contribution in [2.75, 3.05) is 6.61 Å². The molecule has 0 spiro atoms. The number of rotatable bonds is 7. The molecule has 0 bridgehead atoms. The lowest BCUT2D eigenvalue weighted by molar-refractivity contribution is -0.123. The van der Waals surface area contributed by atoms with Crippen LogP contribution >= 0.6 is 11.3 Å². The van der Waals surface area contributed by atoms with E-state index in [1.165, 1.54) is 10.4 Å². The van der Waals surface area contributed by atoms with Crippen molar-refractivity contribution in [2.45, 2.75) is 53.4 Å². The van der Waals surface area contributed by atoms with E-state index in [0.717, 1.165) is 11.3 Å². The highest BCUT2D eigenvalue weighted by Crippen LogP contribution is 2.36. The predicted molar refractivity (Wildman–Crippen MR) is 114 cm³/mol. The highest BCUT2D eigenvalue weighted by atomic mass is 32.1. The largest absolute Gasteiger partial charge is 0.484 e. The number of aryl methyl sites for hydroxylation is 1. The lowest BCUT2D eigenvalue weighted by atomic mass is 9.72. The van der Waals surface area contributed by atoms with E-state index in [9.17, 15) is 4.79 Å². The summed E-state index contributed by atoms with van der Waals surface area (Å²) in [5.41, 5.74) is 4.10. The normalized spacial score (nSPS) is 12.4. The summed E-state index contributed by atoms with van der Waals surface area (Å²) >= 11 is 1.62. The van der Waals surface area contributed by atoms with Crippen molar-refractivity contribution in [2.24, 2.45) is 10.5 Å². The van der Waals surface area contributed by atoms with Crippen LogP contribution in [0.15, 0.2) is 41.5 Å². The van der Waals surface area contributed by atoms with E-state index in [2.05, 4.69) is 57.3 Å². The zero-order valence-electron chi connectivity index (χ0n) is 17.1. The summed E-state index contributed by atoms with van der Waals surface area (Å²) in [7, 11) is 0. The molecule has 2 rings (SSSR count). The first-order chi connectivity index (χ1) is 12.5. The molecule has 5 heteroatoms. The van der Waals surface area contributed by atoms with Crippen molar-refractivity contribution < 1.29 is 9.53 Å². The molecule has 0 atom stereocenters. The molecule has 27 heavy (non-hydrogen) atoms. The van der Waals surface area contributed by atoms with Crippen LogP contribution in [0.1, 0.15) is 56.4 Å². The fourth-order valence-electron chi connectivity index (χ4n) is 3.30. The Balaban J connectivity index is 1.84. The SMILES string of the molecule is Cc1ccc(/C=N/NC(=O)COc2ccc(C(C)(C)CC(C)(C)C)cc2)s1. The van der Waals surface area contributed by atoms with E-state index < -0.39 is 0 Å². The minimum absolute atomic E-state index is 0.0639. The van der Waals surface area contributed by atoms with Gasteiger partial charge >= 0.3 is 0 Å². The second-order valence-electron chi connectivity index (χ2n) is 8.68. The van der Waals surface area contributed by atoms with Gasteiger partial charge in [0.1, 0.15) is 5.75 Å². The highest BCUT2D eigenvalue weighted by molar-refractivity contribution is 7.13. The van der Waals surface area contributed by atoms with E-state index in [0.29, 0.717) is 5.75 Å². The van der Waals surface area contributed by atoms with Crippen molar-refractivity contribution in [3.05, 3.63) is 51.7 Å². The number of thiophene rings is 1. The molecule has 146 valence electrons. The molecule has 2 aromatic rings. The predicted octanol–water partition coefficient (Wildman–Crippen LogP) is 5.30. The van der Waals surface area contributed by atoms with Gasteiger partial charge in [0.2, 0.25) is 0 Å². The standard InChI is InChI=1S/C22H30N2O2S/c1-16-7-12-19(27-16)13-23-24-20(25)14-26-18-10-8-17(9-11-18)22(5,6)15-21(2,3)4/h7-13H,14-15H2,1-6H3,(H,24,25)/b23-13+. The summed E-state index contributed by atoms with van der Waals surface area (Å²) in [6, 6.07) is 12.0. The number of benzene rings is 1. The number of ether oxygens (including phenoxy) is 1. The Hall–Kier alpha value is -2.14. The van der Waals surface area contributed by atoms with E-state index in [-0.39, 0.29) is 23.3 Å². The molecule has 4 nitrogen and oxygen atoms in total. The van der Waals surface area contributed by atoms with Crippen LogP contribution in [0.25, 0.3) is 0 Å². The maximum Gasteiger partial charge on any atom is 0.277 e. The Morgan fingerprint density at radius 3 is 2.33 bits per heavy atom. The minimum Gasteiger partial charge on any atom is -0.484 e. The number of carbonyl (C=O) groups excluding carboxylic acids is 1. The summed E-state index contributed by atoms with van der Waals surface area (Å²) in [5, 5.41) is 3.95. The summed E-state index contributed by atoms with van der Waals surface area (Å²) < 4.78 is 5.56. The first-order valence-electron chi connectivity index (χ1n) is 9.17. The van der Waals surface area contributed by atoms with Crippen LogP contribution in [0.4, 0.5) is 0 Å². The van der Waals surface area contributed by atoms with Crippen LogP contribution < -0.4 is 10.2 Å². The maximum absolute atomic E-state index is 11.8. The molecule has 0 aliphatic heterocycles. The third-order valence-corrected chi connectivity index (χ3v) is 5.06. The molecule has 1 N–H and O–H groups in total. The zero-order chi connectivity index (χ0) is 20.1. The van der Waals surface area contributed by atoms with Gasteiger partial charge in [0.15, 0.2) is 6.61 Å². The molecule has 1 aromatic heterocycles. The van der Waals surface area contributed by atoms with Crippen molar-refractivity contribution in [1.82, 2.24) is 5.43 Å². The quantitative estimate of drug-likeness (QED) is 0.518. The van der Waals surface area contributed by atoms with Crippen LogP contribution in [-0.2, 0) is 10.2 Å². The van der Waals surface area contributed by atoms with Crippen molar-refractivity contribution >= 4 is 23.5 Å². The van der Waals surface area contributed by atoms with E-state index in [1.54, 1.807) is 17.6 Å². The van der Waals surface area contributed by atoms with Gasteiger partial charge < -0.3 is 4.74 Å². The van der Waals surface area contributed by atoms with Gasteiger partial charge in [-0.15, -0.1) is 11.3 Å². The maximum atomic E-state index is 11.8. The van der Waals surface area contributed by atoms with Crippen molar-refractivity contribution in [1.29, 1.82) is 0 Å². The molecule has 0 unspecified atom stereocenters. The topological polar surface area (TPSA) is 50.7 Å². The molecular formula is C22H30N2O2S. The number of hydrogen-bond donors (Lipinski definition) is 1. The zero-order valence-corrected chi connectivity index (χ0v) is 17.9. The molecule has 0 radical (unpaired) electrons. The second-order valence-corrected chi connectivity index (χ2v) is 10.00. The van der Waals surface area contributed by atoms with Gasteiger partial charge in [-0.3, -0.25) is 4.79 Å². The number of hydrazone groups is 1. The molecule has 0 aliphatic rings. The fourth-order valence-corrected chi connectivity index (χ4v) is 4.05. The molecule has 0 fully saturated rings. The Morgan fingerprint density at radius 2 is 1.78 bits per heavy atom. The van der Waals surface area contributed by atoms with Crippen molar-refractivity contribution in [3.63, 3.8) is 0 Å². The second kappa shape index (κ2) is 8.70. The van der Waals surface area contributed by atoms with E-state index >= 15 is 0 Å². The third kappa shape index (κ3) is 7.18. The lowest BCUT2D eigenvalue weighted by Crippen LogP contribution is -2.25. The number of nitrogens with one attached hydrogen (secondary N) is 1. The van der Waals surface area contributed by atoms with E-state index in [4.69, 9.17) is 4.74 Å². The van der Waals surface area contributed by atoms with Crippen molar-refractivity contribution in [3.8, 4) is 5.75 Å². The molecule has 0 saturated carbocycles. The van der Waals surface area contributed by atoms with Crippen LogP contribution in [0, 0.1) is 12.3 Å². The third-order valence-electron chi connectivity index (χ3n) is 4.12. The van der Waals surface area contributed by atoms with Gasteiger partial charge in [-0.2, -0.15) is 5.10 Å². The van der Waals surface area contributed by atoms with Gasteiger partial charge in [-0.1, -0.05) is 46.8 Å². The van der Waals surface area contributed by atoms with Gasteiger partial charge in [0.25, 0.3) is 5.91 Å². The van der Waals surface area contributed by atoms with E-state index in [1.807, 2.05) is 31.2 Å². The molecule has 0 aliphatic carbocycles. The fraction of sp³-hybridized carbons (Fsp3) is 0.455. The summed E-state index contributed by atoms with van der Waals surface area (Å²) in [6.45, 7) is 13.3. The number of hydrogen-bond acceptors (Lipinski definition) is 4. The van der Waals surface area contributed by atoms with Gasteiger partial charge in [0, 0.05) is 9.75 Å². The first-order valence-corrected chi connectivity index (χ1v) is 9.98. The molecular weight excluding hydrogens is 356 g/mol. The Bertz CT molecular complexity index is 783. The molecule has 1 amide bonds. The first kappa shape index (κ1) is 21.2. The molecule has 0 saturated heterocycles. The Kier molecular flexibility index (Phi) is 6.82. The monoisotopic (exact) mass is 386 g/mol. The van der Waals surface area contributed by atoms with Crippen LogP contribution in [0.3, 0.4) is 0 Å². The lowest BCUT2D eigenvalue weighted by Gasteiger charge is -2.33. The summed E-state index contributed by atoms with van der Waals surface area (Å²) in [4.78, 5) is 14.1. The minimum atomic E-state index is -0.281. The van der Waals surface area contributed by atoms with Crippen LogP contribution in [0.5, 0.6) is 5.75 Å². The average Bonchev–Trinajstić information content (AvgIpc) is 2.96. The average molecular weight is 387 g/mol. The summed E-state index contributed by atoms with van der Waals surface area (Å²) in [5.74, 6) is 0.398. The molecule has 1 heterocycles. The number of carbonyl (C=O) groups is 1. The number of nitrogens with zero attached hydrogens (tertiary/aromatic N) is 1. The van der Waals surface area contributed by atoms with Gasteiger partial charge in [-0.05, 0) is 54.0 Å². The Labute approximate surface area is 166 Å². The number of amides is 1. The van der Waals surface area contributed by atoms with Gasteiger partial charge in [-0.25, -0.2) is 5.43 Å². The highest BCUT2D eigenvalue weighted by Gasteiger charge is 2.27. The molecule has 1 aromatic carbocycles. The Morgan fingerprint density at radius 1 is 1.11 bits per heavy atom. The summed E-state index contributed by atoms with van der Waals surface area (Å²) in [6.07, 6.45) is 2.73. The smallest absolute Gasteiger partial charge is 0.277 e. The van der Waals surface area contributed by atoms with Gasteiger partial charge in [0.05, 0.1) is 6.21 Å². The van der Waals surface area contributed by atoms with Crippen LogP contribution in [0.2, 0.25) is 0 Å². The van der Waals surface area contributed by atoms with Crippen LogP contribution in [-0.4, -0.2) is 18.7 Å².